The Bertz CT molecular complexity index is 803. The number of ether oxygens (including phenoxy) is 1. The molecule has 7 heteroatoms. The highest BCUT2D eigenvalue weighted by Crippen LogP contribution is 2.28. The smallest absolute Gasteiger partial charge is 0.341 e. The van der Waals surface area contributed by atoms with E-state index in [0.717, 1.165) is 0 Å². The molecule has 0 aliphatic heterocycles. The molecular formula is C15H9BrN4O2. The van der Waals surface area contributed by atoms with Crippen LogP contribution in [0.5, 0.6) is 0 Å². The van der Waals surface area contributed by atoms with Crippen LogP contribution in [0, 0.1) is 11.3 Å². The number of halogens is 1. The van der Waals surface area contributed by atoms with Crippen molar-refractivity contribution in [2.24, 2.45) is 9.98 Å². The summed E-state index contributed by atoms with van der Waals surface area (Å²) in [6.07, 6.45) is 2.87. The molecule has 0 radical (unpaired) electrons. The third-order valence-corrected chi connectivity index (χ3v) is 3.20. The number of hydrogen-bond acceptors (Lipinski definition) is 6. The first kappa shape index (κ1) is 15.6. The zero-order chi connectivity index (χ0) is 15.9. The third kappa shape index (κ3) is 3.64. The highest BCUT2D eigenvalue weighted by atomic mass is 79.9. The van der Waals surface area contributed by atoms with Crippen molar-refractivity contribution in [3.63, 3.8) is 0 Å². The van der Waals surface area contributed by atoms with E-state index >= 15 is 0 Å². The molecule has 0 aliphatic carbocycles. The van der Waals surface area contributed by atoms with Crippen LogP contribution in [0.1, 0.15) is 15.9 Å². The maximum atomic E-state index is 11.7. The van der Waals surface area contributed by atoms with Gasteiger partial charge in [0.05, 0.1) is 28.9 Å². The first-order valence-corrected chi connectivity index (χ1v) is 6.83. The Hall–Kier alpha value is -2.81. The average molecular weight is 357 g/mol. The maximum absolute atomic E-state index is 11.7. The lowest BCUT2D eigenvalue weighted by Gasteiger charge is -2.03. The van der Waals surface area contributed by atoms with E-state index in [1.54, 1.807) is 24.3 Å². The van der Waals surface area contributed by atoms with E-state index in [1.807, 2.05) is 6.07 Å². The summed E-state index contributed by atoms with van der Waals surface area (Å²) in [6.45, 7) is 0. The molecule has 1 aromatic heterocycles. The summed E-state index contributed by atoms with van der Waals surface area (Å²) in [6, 6.07) is 11.2. The second kappa shape index (κ2) is 7.27. The molecule has 0 amide bonds. The van der Waals surface area contributed by atoms with Crippen molar-refractivity contribution < 1.29 is 9.53 Å². The van der Waals surface area contributed by atoms with Gasteiger partial charge in [0, 0.05) is 12.4 Å². The lowest BCUT2D eigenvalue weighted by Crippen LogP contribution is -2.02. The number of nitrogens with zero attached hydrogens (tertiary/aromatic N) is 4. The molecule has 0 saturated carbocycles. The van der Waals surface area contributed by atoms with Crippen molar-refractivity contribution in [1.82, 2.24) is 4.98 Å². The number of rotatable bonds is 3. The zero-order valence-corrected chi connectivity index (χ0v) is 13.0. The van der Waals surface area contributed by atoms with Gasteiger partial charge in [-0.15, -0.1) is 0 Å². The molecule has 0 aliphatic rings. The average Bonchev–Trinajstić information content (AvgIpc) is 2.56. The van der Waals surface area contributed by atoms with Crippen molar-refractivity contribution >= 4 is 39.3 Å². The van der Waals surface area contributed by atoms with Gasteiger partial charge in [-0.3, -0.25) is 4.98 Å². The van der Waals surface area contributed by atoms with E-state index in [0.29, 0.717) is 21.4 Å². The lowest BCUT2D eigenvalue weighted by molar-refractivity contribution is 0.0601. The van der Waals surface area contributed by atoms with Crippen LogP contribution < -0.4 is 0 Å². The first-order valence-electron chi connectivity index (χ1n) is 6.04. The fourth-order valence-corrected chi connectivity index (χ4v) is 1.96. The summed E-state index contributed by atoms with van der Waals surface area (Å²) < 4.78 is 5.20. The highest BCUT2D eigenvalue weighted by Gasteiger charge is 2.14. The molecule has 22 heavy (non-hydrogen) atoms. The number of pyridine rings is 1. The fraction of sp³-hybridized carbons (Fsp3) is 0.0667. The fourth-order valence-electron chi connectivity index (χ4n) is 1.54. The van der Waals surface area contributed by atoms with Crippen LogP contribution in [-0.4, -0.2) is 24.1 Å². The molecule has 0 saturated heterocycles. The summed E-state index contributed by atoms with van der Waals surface area (Å²) in [4.78, 5) is 23.6. The van der Waals surface area contributed by atoms with E-state index in [4.69, 9.17) is 5.26 Å². The topological polar surface area (TPSA) is 87.7 Å². The molecule has 2 aromatic rings. The Labute approximate surface area is 134 Å². The van der Waals surface area contributed by atoms with Crippen LogP contribution in [0.25, 0.3) is 0 Å². The largest absolute Gasteiger partial charge is 0.465 e. The van der Waals surface area contributed by atoms with Gasteiger partial charge >= 0.3 is 5.97 Å². The first-order chi connectivity index (χ1) is 10.7. The highest BCUT2D eigenvalue weighted by molar-refractivity contribution is 9.10. The molecule has 6 nitrogen and oxygen atoms in total. The molecule has 108 valence electrons. The predicted octanol–water partition coefficient (Wildman–Crippen LogP) is 3.64. The summed E-state index contributed by atoms with van der Waals surface area (Å²) in [5, 5.41) is 8.72. The van der Waals surface area contributed by atoms with E-state index in [9.17, 15) is 4.79 Å². The number of esters is 1. The molecule has 1 heterocycles. The Morgan fingerprint density at radius 1 is 1.27 bits per heavy atom. The normalized spacial score (nSPS) is 9.32. The van der Waals surface area contributed by atoms with Crippen molar-refractivity contribution in [2.75, 3.05) is 7.11 Å². The van der Waals surface area contributed by atoms with E-state index in [2.05, 4.69) is 41.6 Å². The molecule has 0 atom stereocenters. The van der Waals surface area contributed by atoms with Crippen molar-refractivity contribution in [2.45, 2.75) is 0 Å². The summed E-state index contributed by atoms with van der Waals surface area (Å²) in [5.74, 6) is -0.548. The molecule has 0 N–H and O–H groups in total. The Morgan fingerprint density at radius 3 is 2.64 bits per heavy atom. The summed E-state index contributed by atoms with van der Waals surface area (Å²) >= 11 is 3.27. The number of nitriles is 1. The van der Waals surface area contributed by atoms with Gasteiger partial charge in [-0.2, -0.15) is 15.2 Å². The van der Waals surface area contributed by atoms with Crippen LogP contribution in [0.2, 0.25) is 0 Å². The number of aromatic nitrogens is 1. The van der Waals surface area contributed by atoms with Crippen LogP contribution in [0.3, 0.4) is 0 Å². The second-order valence-electron chi connectivity index (χ2n) is 3.99. The standard InChI is InChI=1S/C15H9BrN4O2/c1-22-15(21)12-7-18-8-13(16)14(12)20-9-19-11-4-2-10(6-17)3-5-11/h2-5,7-8H,1H3. The Kier molecular flexibility index (Phi) is 5.15. The minimum atomic E-state index is -0.548. The number of aliphatic imine (C=N–C) groups is 2. The lowest BCUT2D eigenvalue weighted by atomic mass is 10.2. The van der Waals surface area contributed by atoms with Gasteiger partial charge in [0.25, 0.3) is 0 Å². The van der Waals surface area contributed by atoms with E-state index in [-0.39, 0.29) is 5.56 Å². The van der Waals surface area contributed by atoms with E-state index in [1.165, 1.54) is 19.5 Å². The number of carbonyl (C=O) groups excluding carboxylic acids is 1. The molecule has 2 rings (SSSR count). The number of methoxy groups -OCH3 is 1. The van der Waals surface area contributed by atoms with Crippen LogP contribution >= 0.6 is 15.9 Å². The van der Waals surface area contributed by atoms with Crippen LogP contribution in [0.15, 0.2) is 51.1 Å². The molecule has 1 aromatic carbocycles. The molecule has 0 unspecified atom stereocenters. The Balaban J connectivity index is 2.35. The van der Waals surface area contributed by atoms with Crippen LogP contribution in [0.4, 0.5) is 11.4 Å². The van der Waals surface area contributed by atoms with Crippen molar-refractivity contribution in [3.8, 4) is 6.07 Å². The van der Waals surface area contributed by atoms with Gasteiger partial charge in [-0.05, 0) is 40.2 Å². The van der Waals surface area contributed by atoms with Gasteiger partial charge < -0.3 is 4.74 Å². The predicted molar refractivity (Wildman–Crippen MR) is 83.6 cm³/mol. The van der Waals surface area contributed by atoms with Gasteiger partial charge in [0.1, 0.15) is 17.3 Å². The molecule has 0 fully saturated rings. The quantitative estimate of drug-likeness (QED) is 0.620. The maximum Gasteiger partial charge on any atom is 0.341 e. The number of hydrogen-bond donors (Lipinski definition) is 0. The minimum absolute atomic E-state index is 0.208. The molecule has 0 spiro atoms. The SMILES string of the molecule is COC(=O)c1cncc(Br)c1N=C=Nc1ccc(C#N)cc1. The molecule has 0 bridgehead atoms. The van der Waals surface area contributed by atoms with Gasteiger partial charge in [-0.1, -0.05) is 0 Å². The monoisotopic (exact) mass is 356 g/mol. The minimum Gasteiger partial charge on any atom is -0.465 e. The van der Waals surface area contributed by atoms with Gasteiger partial charge in [-0.25, -0.2) is 4.79 Å². The van der Waals surface area contributed by atoms with Gasteiger partial charge in [0.2, 0.25) is 0 Å². The summed E-state index contributed by atoms with van der Waals surface area (Å²) in [5.41, 5.74) is 1.67. The summed E-state index contributed by atoms with van der Waals surface area (Å²) in [7, 11) is 1.28. The molecular weight excluding hydrogens is 348 g/mol. The van der Waals surface area contributed by atoms with E-state index < -0.39 is 5.97 Å². The zero-order valence-electron chi connectivity index (χ0n) is 11.4. The van der Waals surface area contributed by atoms with Gasteiger partial charge in [0.15, 0.2) is 0 Å². The Morgan fingerprint density at radius 2 is 2.00 bits per heavy atom. The van der Waals surface area contributed by atoms with Crippen molar-refractivity contribution in [1.29, 1.82) is 5.26 Å². The van der Waals surface area contributed by atoms with Crippen LogP contribution in [-0.2, 0) is 4.74 Å². The third-order valence-electron chi connectivity index (χ3n) is 2.62. The number of carbonyl (C=O) groups is 1. The second-order valence-corrected chi connectivity index (χ2v) is 4.85. The number of benzene rings is 1. The van der Waals surface area contributed by atoms with Crippen molar-refractivity contribution in [3.05, 3.63) is 52.3 Å².